The normalized spacial score (nSPS) is 14.7. The van der Waals surface area contributed by atoms with Gasteiger partial charge in [0.25, 0.3) is 10.0 Å². The average molecular weight is 508 g/mol. The quantitative estimate of drug-likeness (QED) is 0.471. The molecule has 0 aliphatic carbocycles. The summed E-state index contributed by atoms with van der Waals surface area (Å²) in [6.45, 7) is 4.68. The molecule has 0 saturated carbocycles. The lowest BCUT2D eigenvalue weighted by Gasteiger charge is -2.26. The summed E-state index contributed by atoms with van der Waals surface area (Å²) < 4.78 is 33.9. The molecule has 1 aliphatic rings. The largest absolute Gasteiger partial charge is 0.379 e. The molecule has 1 aromatic carbocycles. The molecule has 12 heteroatoms. The van der Waals surface area contributed by atoms with E-state index in [1.54, 1.807) is 30.3 Å². The van der Waals surface area contributed by atoms with E-state index in [0.717, 1.165) is 13.1 Å². The Morgan fingerprint density at radius 1 is 1.15 bits per heavy atom. The van der Waals surface area contributed by atoms with Crippen molar-refractivity contribution in [3.05, 3.63) is 53.3 Å². The molecule has 0 spiro atoms. The maximum absolute atomic E-state index is 13.0. The molecule has 33 heavy (non-hydrogen) atoms. The fourth-order valence-corrected chi connectivity index (χ4v) is 5.56. The van der Waals surface area contributed by atoms with Crippen LogP contribution in [-0.2, 0) is 26.1 Å². The van der Waals surface area contributed by atoms with E-state index in [-0.39, 0.29) is 21.8 Å². The summed E-state index contributed by atoms with van der Waals surface area (Å²) in [6, 6.07) is 11.3. The predicted octanol–water partition coefficient (Wildman–Crippen LogP) is 3.45. The zero-order chi connectivity index (χ0) is 23.4. The molecule has 4 rings (SSSR count). The first kappa shape index (κ1) is 23.6. The number of carbonyl (C=O) groups excluding carboxylic acids is 1. The van der Waals surface area contributed by atoms with Gasteiger partial charge in [0.15, 0.2) is 5.13 Å². The van der Waals surface area contributed by atoms with Gasteiger partial charge in [-0.25, -0.2) is 18.4 Å². The smallest absolute Gasteiger partial charge is 0.263 e. The number of carbonyl (C=O) groups is 1. The molecule has 0 radical (unpaired) electrons. The fraction of sp³-hybridized carbons (Fsp3) is 0.286. The van der Waals surface area contributed by atoms with Crippen LogP contribution in [0.1, 0.15) is 12.6 Å². The van der Waals surface area contributed by atoms with Crippen LogP contribution in [0.5, 0.6) is 0 Å². The Bertz CT molecular complexity index is 1240. The third-order valence-electron chi connectivity index (χ3n) is 4.85. The molecule has 2 aromatic heterocycles. The Balaban J connectivity index is 1.75. The third-order valence-corrected chi connectivity index (χ3v) is 7.46. The molecule has 174 valence electrons. The number of pyridine rings is 1. The SMILES string of the molecule is CC(=O)Nc1nc(CN2CCOCC2)c(-c2ccc(Cl)nc2NS(=O)(=O)c2ccccc2)s1. The summed E-state index contributed by atoms with van der Waals surface area (Å²) in [7, 11) is -3.90. The van der Waals surface area contributed by atoms with Gasteiger partial charge in [-0.15, -0.1) is 0 Å². The first-order valence-electron chi connectivity index (χ1n) is 10.1. The highest BCUT2D eigenvalue weighted by molar-refractivity contribution is 7.92. The van der Waals surface area contributed by atoms with E-state index < -0.39 is 10.0 Å². The Morgan fingerprint density at radius 2 is 1.88 bits per heavy atom. The minimum atomic E-state index is -3.90. The lowest BCUT2D eigenvalue weighted by Crippen LogP contribution is -2.35. The highest BCUT2D eigenvalue weighted by Gasteiger charge is 2.23. The molecule has 9 nitrogen and oxygen atoms in total. The summed E-state index contributed by atoms with van der Waals surface area (Å²) in [5, 5.41) is 3.29. The number of amides is 1. The molecule has 3 heterocycles. The number of benzene rings is 1. The van der Waals surface area contributed by atoms with E-state index >= 15 is 0 Å². The van der Waals surface area contributed by atoms with Gasteiger partial charge in [0.1, 0.15) is 11.0 Å². The minimum absolute atomic E-state index is 0.0904. The Kier molecular flexibility index (Phi) is 7.25. The van der Waals surface area contributed by atoms with Crippen molar-refractivity contribution in [2.24, 2.45) is 0 Å². The first-order valence-corrected chi connectivity index (χ1v) is 12.8. The van der Waals surface area contributed by atoms with Crippen LogP contribution in [-0.4, -0.2) is 55.5 Å². The van der Waals surface area contributed by atoms with E-state index in [4.69, 9.17) is 16.3 Å². The van der Waals surface area contributed by atoms with Gasteiger partial charge < -0.3 is 10.1 Å². The van der Waals surface area contributed by atoms with Crippen molar-refractivity contribution in [1.82, 2.24) is 14.9 Å². The summed E-state index contributed by atoms with van der Waals surface area (Å²) in [5.74, 6) is -0.153. The van der Waals surface area contributed by atoms with Gasteiger partial charge in [-0.05, 0) is 24.3 Å². The fourth-order valence-electron chi connectivity index (χ4n) is 3.33. The zero-order valence-electron chi connectivity index (χ0n) is 17.7. The summed E-state index contributed by atoms with van der Waals surface area (Å²) in [4.78, 5) is 23.5. The van der Waals surface area contributed by atoms with Crippen LogP contribution in [0.25, 0.3) is 10.4 Å². The minimum Gasteiger partial charge on any atom is -0.379 e. The van der Waals surface area contributed by atoms with Gasteiger partial charge in [0.2, 0.25) is 5.91 Å². The number of hydrogen-bond donors (Lipinski definition) is 2. The van der Waals surface area contributed by atoms with Crippen molar-refractivity contribution >= 4 is 49.8 Å². The molecule has 0 unspecified atom stereocenters. The highest BCUT2D eigenvalue weighted by Crippen LogP contribution is 2.38. The van der Waals surface area contributed by atoms with Crippen molar-refractivity contribution in [2.45, 2.75) is 18.4 Å². The molecule has 3 aromatic rings. The number of nitrogens with zero attached hydrogens (tertiary/aromatic N) is 3. The first-order chi connectivity index (χ1) is 15.8. The van der Waals surface area contributed by atoms with Crippen LogP contribution in [0.4, 0.5) is 10.9 Å². The molecular weight excluding hydrogens is 486 g/mol. The van der Waals surface area contributed by atoms with Gasteiger partial charge in [0, 0.05) is 32.1 Å². The van der Waals surface area contributed by atoms with Crippen molar-refractivity contribution in [3.8, 4) is 10.4 Å². The summed E-state index contributed by atoms with van der Waals surface area (Å²) >= 11 is 7.36. The van der Waals surface area contributed by atoms with E-state index in [0.29, 0.717) is 41.0 Å². The summed E-state index contributed by atoms with van der Waals surface area (Å²) in [5.41, 5.74) is 1.23. The second-order valence-electron chi connectivity index (χ2n) is 7.31. The van der Waals surface area contributed by atoms with Gasteiger partial charge in [0.05, 0.1) is 28.7 Å². The Hall–Kier alpha value is -2.57. The van der Waals surface area contributed by atoms with E-state index in [1.165, 1.54) is 30.4 Å². The number of anilines is 2. The van der Waals surface area contributed by atoms with Gasteiger partial charge >= 0.3 is 0 Å². The molecule has 2 N–H and O–H groups in total. The molecule has 1 aliphatic heterocycles. The van der Waals surface area contributed by atoms with Crippen LogP contribution in [0, 0.1) is 0 Å². The van der Waals surface area contributed by atoms with Gasteiger partial charge in [-0.3, -0.25) is 14.4 Å². The monoisotopic (exact) mass is 507 g/mol. The van der Waals surface area contributed by atoms with Crippen LogP contribution >= 0.6 is 22.9 Å². The second-order valence-corrected chi connectivity index (χ2v) is 10.4. The van der Waals surface area contributed by atoms with Crippen LogP contribution in [0.3, 0.4) is 0 Å². The average Bonchev–Trinajstić information content (AvgIpc) is 3.16. The van der Waals surface area contributed by atoms with Crippen molar-refractivity contribution < 1.29 is 17.9 Å². The van der Waals surface area contributed by atoms with Gasteiger partial charge in [-0.2, -0.15) is 0 Å². The lowest BCUT2D eigenvalue weighted by atomic mass is 10.2. The number of nitrogens with one attached hydrogen (secondary N) is 2. The molecule has 1 amide bonds. The molecule has 0 atom stereocenters. The van der Waals surface area contributed by atoms with Crippen molar-refractivity contribution in [3.63, 3.8) is 0 Å². The number of hydrogen-bond acceptors (Lipinski definition) is 8. The Labute approximate surface area is 200 Å². The second kappa shape index (κ2) is 10.1. The number of thiazole rings is 1. The number of morpholine rings is 1. The molecule has 0 bridgehead atoms. The van der Waals surface area contributed by atoms with Crippen LogP contribution < -0.4 is 10.0 Å². The van der Waals surface area contributed by atoms with E-state index in [1.807, 2.05) is 0 Å². The Morgan fingerprint density at radius 3 is 2.58 bits per heavy atom. The molecule has 1 fully saturated rings. The standard InChI is InChI=1S/C21H22ClN5O4S2/c1-14(28)23-21-24-17(13-27-9-11-31-12-10-27)19(32-21)16-7-8-18(22)25-20(16)26-33(29,30)15-5-3-2-4-6-15/h2-8H,9-13H2,1H3,(H,25,26)(H,23,24,28). The zero-order valence-corrected chi connectivity index (χ0v) is 20.1. The number of halogens is 1. The van der Waals surface area contributed by atoms with Crippen molar-refractivity contribution in [1.29, 1.82) is 0 Å². The molecule has 1 saturated heterocycles. The predicted molar refractivity (Wildman–Crippen MR) is 128 cm³/mol. The maximum atomic E-state index is 13.0. The van der Waals surface area contributed by atoms with Crippen molar-refractivity contribution in [2.75, 3.05) is 36.3 Å². The van der Waals surface area contributed by atoms with Crippen LogP contribution in [0.2, 0.25) is 5.15 Å². The summed E-state index contributed by atoms with van der Waals surface area (Å²) in [6.07, 6.45) is 0. The lowest BCUT2D eigenvalue weighted by molar-refractivity contribution is -0.114. The topological polar surface area (TPSA) is 114 Å². The molecular formula is C21H22ClN5O4S2. The number of sulfonamides is 1. The van der Waals surface area contributed by atoms with Gasteiger partial charge in [-0.1, -0.05) is 41.1 Å². The number of rotatable bonds is 7. The third kappa shape index (κ3) is 5.87. The van der Waals surface area contributed by atoms with E-state index in [9.17, 15) is 13.2 Å². The van der Waals surface area contributed by atoms with Crippen LogP contribution in [0.15, 0.2) is 47.4 Å². The number of ether oxygens (including phenoxy) is 1. The maximum Gasteiger partial charge on any atom is 0.263 e. The van der Waals surface area contributed by atoms with E-state index in [2.05, 4.69) is 24.9 Å². The highest BCUT2D eigenvalue weighted by atomic mass is 35.5. The number of aromatic nitrogens is 2.